The van der Waals surface area contributed by atoms with Crippen LogP contribution in [0.5, 0.6) is 0 Å². The van der Waals surface area contributed by atoms with Crippen LogP contribution in [0, 0.1) is 0 Å². The molecule has 19 heavy (non-hydrogen) atoms. The number of hydrogen-bond donors (Lipinski definition) is 0. The zero-order valence-corrected chi connectivity index (χ0v) is 11.0. The molecule has 5 nitrogen and oxygen atoms in total. The highest BCUT2D eigenvalue weighted by Gasteiger charge is 2.06. The maximum atomic E-state index is 11.2. The second-order valence-corrected chi connectivity index (χ2v) is 4.01. The molecule has 0 N–H and O–H groups in total. The Kier molecular flexibility index (Phi) is 6.43. The van der Waals surface area contributed by atoms with Crippen molar-refractivity contribution in [2.24, 2.45) is 0 Å². The number of anilines is 1. The first-order chi connectivity index (χ1) is 9.13. The van der Waals surface area contributed by atoms with Crippen molar-refractivity contribution < 1.29 is 19.4 Å². The first-order valence-corrected chi connectivity index (χ1v) is 6.29. The number of carboxylic acids is 1. The Balaban J connectivity index is 2.31. The van der Waals surface area contributed by atoms with E-state index < -0.39 is 11.9 Å². The van der Waals surface area contributed by atoms with Crippen molar-refractivity contribution in [3.05, 3.63) is 30.3 Å². The molecule has 1 rings (SSSR count). The molecule has 0 aliphatic carbocycles. The standard InChI is InChI=1S/C14H19NO4/c1-2-15(12-6-4-3-5-7-12)10-11-19-14(18)9-8-13(16)17/h3-7H,2,8-11H2,1H3,(H,16,17)/p-1. The fraction of sp³-hybridized carbons (Fsp3) is 0.429. The van der Waals surface area contributed by atoms with Gasteiger partial charge in [-0.15, -0.1) is 0 Å². The maximum absolute atomic E-state index is 11.2. The van der Waals surface area contributed by atoms with E-state index in [0.29, 0.717) is 6.54 Å². The molecular formula is C14H18NO4-. The van der Waals surface area contributed by atoms with Crippen LogP contribution in [0.15, 0.2) is 30.3 Å². The lowest BCUT2D eigenvalue weighted by Crippen LogP contribution is -2.28. The molecule has 0 saturated carbocycles. The monoisotopic (exact) mass is 264 g/mol. The Bertz CT molecular complexity index is 405. The fourth-order valence-electron chi connectivity index (χ4n) is 1.65. The summed E-state index contributed by atoms with van der Waals surface area (Å²) < 4.78 is 4.97. The number of ether oxygens (including phenoxy) is 1. The second-order valence-electron chi connectivity index (χ2n) is 4.01. The van der Waals surface area contributed by atoms with Crippen LogP contribution in [0.4, 0.5) is 5.69 Å². The number of aliphatic carboxylic acids is 1. The van der Waals surface area contributed by atoms with Gasteiger partial charge in [0.15, 0.2) is 0 Å². The minimum atomic E-state index is -1.24. The van der Waals surface area contributed by atoms with E-state index in [2.05, 4.69) is 4.90 Å². The molecule has 0 aliphatic rings. The lowest BCUT2D eigenvalue weighted by atomic mass is 10.3. The average molecular weight is 264 g/mol. The summed E-state index contributed by atoms with van der Waals surface area (Å²) in [7, 11) is 0. The van der Waals surface area contributed by atoms with Crippen LogP contribution in [0.25, 0.3) is 0 Å². The van der Waals surface area contributed by atoms with Gasteiger partial charge in [-0.1, -0.05) is 18.2 Å². The molecule has 0 amide bonds. The predicted octanol–water partition coefficient (Wildman–Crippen LogP) is 0.586. The second kappa shape index (κ2) is 8.13. The number of rotatable bonds is 8. The number of para-hydroxylation sites is 1. The molecular weight excluding hydrogens is 246 g/mol. The zero-order chi connectivity index (χ0) is 14.1. The van der Waals surface area contributed by atoms with Gasteiger partial charge >= 0.3 is 5.97 Å². The fourth-order valence-corrected chi connectivity index (χ4v) is 1.65. The number of nitrogens with zero attached hydrogens (tertiary/aromatic N) is 1. The Morgan fingerprint density at radius 3 is 2.47 bits per heavy atom. The Morgan fingerprint density at radius 1 is 1.21 bits per heavy atom. The van der Waals surface area contributed by atoms with Gasteiger partial charge in [0.1, 0.15) is 6.61 Å². The van der Waals surface area contributed by atoms with E-state index in [0.717, 1.165) is 12.2 Å². The predicted molar refractivity (Wildman–Crippen MR) is 69.5 cm³/mol. The third-order valence-electron chi connectivity index (χ3n) is 2.66. The third kappa shape index (κ3) is 5.90. The summed E-state index contributed by atoms with van der Waals surface area (Å²) in [5.41, 5.74) is 1.07. The van der Waals surface area contributed by atoms with E-state index >= 15 is 0 Å². The largest absolute Gasteiger partial charge is 0.550 e. The minimum Gasteiger partial charge on any atom is -0.550 e. The summed E-state index contributed by atoms with van der Waals surface area (Å²) in [6, 6.07) is 9.81. The summed E-state index contributed by atoms with van der Waals surface area (Å²) in [5.74, 6) is -1.75. The quantitative estimate of drug-likeness (QED) is 0.643. The molecule has 1 aromatic carbocycles. The van der Waals surface area contributed by atoms with E-state index in [1.807, 2.05) is 37.3 Å². The minimum absolute atomic E-state index is 0.139. The van der Waals surface area contributed by atoms with Gasteiger partial charge in [-0.3, -0.25) is 4.79 Å². The Labute approximate surface area is 112 Å². The SMILES string of the molecule is CCN(CCOC(=O)CCC(=O)[O-])c1ccccc1. The summed E-state index contributed by atoms with van der Waals surface area (Å²) in [6.07, 6.45) is -0.436. The number of esters is 1. The van der Waals surface area contributed by atoms with Crippen LogP contribution in [0.3, 0.4) is 0 Å². The van der Waals surface area contributed by atoms with Crippen molar-refractivity contribution in [1.82, 2.24) is 0 Å². The first kappa shape index (κ1) is 15.0. The summed E-state index contributed by atoms with van der Waals surface area (Å²) in [6.45, 7) is 3.65. The van der Waals surface area contributed by atoms with Crippen molar-refractivity contribution in [1.29, 1.82) is 0 Å². The van der Waals surface area contributed by atoms with Crippen LogP contribution < -0.4 is 10.0 Å². The highest BCUT2D eigenvalue weighted by atomic mass is 16.5. The van der Waals surface area contributed by atoms with Crippen molar-refractivity contribution in [3.8, 4) is 0 Å². The van der Waals surface area contributed by atoms with E-state index in [1.165, 1.54) is 0 Å². The molecule has 0 radical (unpaired) electrons. The highest BCUT2D eigenvalue weighted by Crippen LogP contribution is 2.12. The molecule has 0 spiro atoms. The normalized spacial score (nSPS) is 9.95. The van der Waals surface area contributed by atoms with Gasteiger partial charge in [-0.05, 0) is 25.5 Å². The molecule has 0 saturated heterocycles. The highest BCUT2D eigenvalue weighted by molar-refractivity contribution is 5.75. The molecule has 0 heterocycles. The van der Waals surface area contributed by atoms with Gasteiger partial charge in [0.25, 0.3) is 0 Å². The molecule has 0 atom stereocenters. The molecule has 0 bridgehead atoms. The summed E-state index contributed by atoms with van der Waals surface area (Å²) in [4.78, 5) is 23.5. The van der Waals surface area contributed by atoms with Crippen molar-refractivity contribution >= 4 is 17.6 Å². The zero-order valence-electron chi connectivity index (χ0n) is 11.0. The number of likely N-dealkylation sites (N-methyl/N-ethyl adjacent to an activating group) is 1. The molecule has 0 unspecified atom stereocenters. The number of carbonyl (C=O) groups is 2. The van der Waals surface area contributed by atoms with Crippen LogP contribution in [-0.2, 0) is 14.3 Å². The van der Waals surface area contributed by atoms with Crippen molar-refractivity contribution in [2.75, 3.05) is 24.6 Å². The van der Waals surface area contributed by atoms with Gasteiger partial charge in [0, 0.05) is 18.2 Å². The Hall–Kier alpha value is -2.04. The topological polar surface area (TPSA) is 69.7 Å². The van der Waals surface area contributed by atoms with Gasteiger partial charge in [-0.25, -0.2) is 0 Å². The van der Waals surface area contributed by atoms with E-state index in [-0.39, 0.29) is 19.4 Å². The van der Waals surface area contributed by atoms with Crippen LogP contribution in [-0.4, -0.2) is 31.6 Å². The number of hydrogen-bond acceptors (Lipinski definition) is 5. The van der Waals surface area contributed by atoms with Gasteiger partial charge in [0.2, 0.25) is 0 Å². The molecule has 0 fully saturated rings. The van der Waals surface area contributed by atoms with Gasteiger partial charge in [-0.2, -0.15) is 0 Å². The van der Waals surface area contributed by atoms with Crippen LogP contribution in [0.1, 0.15) is 19.8 Å². The smallest absolute Gasteiger partial charge is 0.306 e. The van der Waals surface area contributed by atoms with Crippen molar-refractivity contribution in [2.45, 2.75) is 19.8 Å². The lowest BCUT2D eigenvalue weighted by molar-refractivity contribution is -0.305. The molecule has 0 aliphatic heterocycles. The molecule has 1 aromatic rings. The third-order valence-corrected chi connectivity index (χ3v) is 2.66. The number of carbonyl (C=O) groups excluding carboxylic acids is 2. The maximum Gasteiger partial charge on any atom is 0.306 e. The first-order valence-electron chi connectivity index (χ1n) is 6.29. The number of benzene rings is 1. The average Bonchev–Trinajstić information content (AvgIpc) is 2.42. The summed E-state index contributed by atoms with van der Waals surface area (Å²) in [5, 5.41) is 10.2. The van der Waals surface area contributed by atoms with Crippen LogP contribution >= 0.6 is 0 Å². The van der Waals surface area contributed by atoms with E-state index in [9.17, 15) is 14.7 Å². The Morgan fingerprint density at radius 2 is 1.89 bits per heavy atom. The number of carboxylic acid groups (broad SMARTS) is 1. The van der Waals surface area contributed by atoms with Crippen molar-refractivity contribution in [3.63, 3.8) is 0 Å². The van der Waals surface area contributed by atoms with E-state index in [4.69, 9.17) is 4.74 Å². The molecule has 104 valence electrons. The van der Waals surface area contributed by atoms with E-state index in [1.54, 1.807) is 0 Å². The van der Waals surface area contributed by atoms with Gasteiger partial charge < -0.3 is 19.5 Å². The summed E-state index contributed by atoms with van der Waals surface area (Å²) >= 11 is 0. The lowest BCUT2D eigenvalue weighted by Gasteiger charge is -2.22. The molecule has 0 aromatic heterocycles. The molecule has 5 heteroatoms. The van der Waals surface area contributed by atoms with Gasteiger partial charge in [0.05, 0.1) is 13.0 Å². The van der Waals surface area contributed by atoms with Crippen LogP contribution in [0.2, 0.25) is 0 Å².